The number of piperidine rings is 1. The molecular weight excluding hydrogens is 290 g/mol. The second-order valence-electron chi connectivity index (χ2n) is 4.78. The van der Waals surface area contributed by atoms with Gasteiger partial charge in [0.05, 0.1) is 11.3 Å². The van der Waals surface area contributed by atoms with Crippen LogP contribution in [-0.2, 0) is 0 Å². The Morgan fingerprint density at radius 3 is 2.72 bits per heavy atom. The molecule has 0 atom stereocenters. The molecule has 0 spiro atoms. The van der Waals surface area contributed by atoms with Crippen molar-refractivity contribution < 1.29 is 0 Å². The average molecular weight is 308 g/mol. The zero-order valence-corrected chi connectivity index (χ0v) is 12.0. The van der Waals surface area contributed by atoms with Gasteiger partial charge in [-0.1, -0.05) is 15.9 Å². The first-order valence-electron chi connectivity index (χ1n) is 6.39. The molecule has 0 unspecified atom stereocenters. The third-order valence-corrected chi connectivity index (χ3v) is 4.10. The summed E-state index contributed by atoms with van der Waals surface area (Å²) in [7, 11) is 0. The lowest BCUT2D eigenvalue weighted by Crippen LogP contribution is -2.34. The summed E-state index contributed by atoms with van der Waals surface area (Å²) in [5.41, 5.74) is 7.42. The molecule has 3 nitrogen and oxygen atoms in total. The lowest BCUT2D eigenvalue weighted by molar-refractivity contribution is 0.386. The number of nitrogens with two attached hydrogens (primary N) is 1. The van der Waals surface area contributed by atoms with E-state index in [2.05, 4.69) is 26.9 Å². The van der Waals surface area contributed by atoms with Crippen molar-refractivity contribution >= 4 is 21.6 Å². The minimum absolute atomic E-state index is 0.754. The lowest BCUT2D eigenvalue weighted by Gasteiger charge is -2.34. The maximum Gasteiger partial charge on any atom is 0.101 e. The van der Waals surface area contributed by atoms with Gasteiger partial charge in [-0.05, 0) is 49.9 Å². The predicted molar refractivity (Wildman–Crippen MR) is 77.5 cm³/mol. The van der Waals surface area contributed by atoms with Crippen molar-refractivity contribution in [3.63, 3.8) is 0 Å². The van der Waals surface area contributed by atoms with E-state index in [1.807, 2.05) is 18.2 Å². The summed E-state index contributed by atoms with van der Waals surface area (Å²) < 4.78 is 1.03. The molecule has 1 aromatic carbocycles. The maximum atomic E-state index is 9.17. The largest absolute Gasteiger partial charge is 0.370 e. The standard InChI is InChI=1S/C14H18BrN3/c15-13-2-1-12(10-17)14(9-13)18-7-4-11(3-6-16)5-8-18/h1-2,9,11H,3-8,16H2. The molecule has 0 saturated carbocycles. The number of rotatable bonds is 3. The summed E-state index contributed by atoms with van der Waals surface area (Å²) in [6, 6.07) is 8.12. The normalized spacial score (nSPS) is 16.6. The van der Waals surface area contributed by atoms with Crippen LogP contribution in [0.4, 0.5) is 5.69 Å². The molecule has 4 heteroatoms. The van der Waals surface area contributed by atoms with Gasteiger partial charge in [-0.15, -0.1) is 0 Å². The van der Waals surface area contributed by atoms with E-state index in [0.29, 0.717) is 0 Å². The number of nitrogens with zero attached hydrogens (tertiary/aromatic N) is 2. The van der Waals surface area contributed by atoms with Crippen molar-refractivity contribution in [1.82, 2.24) is 0 Å². The molecule has 96 valence electrons. The Labute approximate surface area is 117 Å². The Hall–Kier alpha value is -1.05. The fraction of sp³-hybridized carbons (Fsp3) is 0.500. The molecule has 1 aromatic rings. The van der Waals surface area contributed by atoms with Crippen LogP contribution < -0.4 is 10.6 Å². The molecule has 1 aliphatic heterocycles. The quantitative estimate of drug-likeness (QED) is 0.934. The zero-order chi connectivity index (χ0) is 13.0. The number of hydrogen-bond acceptors (Lipinski definition) is 3. The van der Waals surface area contributed by atoms with Gasteiger partial charge in [-0.3, -0.25) is 0 Å². The van der Waals surface area contributed by atoms with Crippen LogP contribution in [0.2, 0.25) is 0 Å². The van der Waals surface area contributed by atoms with Crippen LogP contribution in [-0.4, -0.2) is 19.6 Å². The molecule has 2 rings (SSSR count). The van der Waals surface area contributed by atoms with Crippen LogP contribution in [0.3, 0.4) is 0 Å². The Morgan fingerprint density at radius 1 is 1.39 bits per heavy atom. The van der Waals surface area contributed by atoms with Crippen molar-refractivity contribution in [3.05, 3.63) is 28.2 Å². The van der Waals surface area contributed by atoms with Crippen LogP contribution >= 0.6 is 15.9 Å². The zero-order valence-electron chi connectivity index (χ0n) is 10.4. The molecule has 18 heavy (non-hydrogen) atoms. The van der Waals surface area contributed by atoms with Gasteiger partial charge in [0, 0.05) is 17.6 Å². The number of anilines is 1. The molecule has 0 aromatic heterocycles. The van der Waals surface area contributed by atoms with E-state index in [9.17, 15) is 0 Å². The van der Waals surface area contributed by atoms with E-state index in [1.165, 1.54) is 12.8 Å². The van der Waals surface area contributed by atoms with E-state index in [0.717, 1.165) is 47.7 Å². The Kier molecular flexibility index (Phi) is 4.62. The summed E-state index contributed by atoms with van der Waals surface area (Å²) in [6.07, 6.45) is 3.47. The summed E-state index contributed by atoms with van der Waals surface area (Å²) in [5.74, 6) is 0.754. The molecular formula is C14H18BrN3. The highest BCUT2D eigenvalue weighted by molar-refractivity contribution is 9.10. The van der Waals surface area contributed by atoms with Gasteiger partial charge in [0.1, 0.15) is 6.07 Å². The van der Waals surface area contributed by atoms with Crippen LogP contribution in [0.5, 0.6) is 0 Å². The van der Waals surface area contributed by atoms with E-state index < -0.39 is 0 Å². The van der Waals surface area contributed by atoms with Gasteiger partial charge in [0.15, 0.2) is 0 Å². The van der Waals surface area contributed by atoms with E-state index in [1.54, 1.807) is 0 Å². The van der Waals surface area contributed by atoms with Crippen molar-refractivity contribution in [2.45, 2.75) is 19.3 Å². The van der Waals surface area contributed by atoms with Gasteiger partial charge in [0.25, 0.3) is 0 Å². The number of hydrogen-bond donors (Lipinski definition) is 1. The summed E-state index contributed by atoms with van der Waals surface area (Å²) in [4.78, 5) is 2.32. The topological polar surface area (TPSA) is 53.0 Å². The Bertz CT molecular complexity index is 445. The van der Waals surface area contributed by atoms with Crippen molar-refractivity contribution in [1.29, 1.82) is 5.26 Å². The van der Waals surface area contributed by atoms with Crippen LogP contribution in [0.1, 0.15) is 24.8 Å². The van der Waals surface area contributed by atoms with Crippen LogP contribution in [0.25, 0.3) is 0 Å². The third kappa shape index (κ3) is 3.04. The number of benzene rings is 1. The average Bonchev–Trinajstić information content (AvgIpc) is 2.40. The van der Waals surface area contributed by atoms with E-state index >= 15 is 0 Å². The van der Waals surface area contributed by atoms with Gasteiger partial charge in [0.2, 0.25) is 0 Å². The van der Waals surface area contributed by atoms with Gasteiger partial charge in [-0.25, -0.2) is 0 Å². The van der Waals surface area contributed by atoms with Crippen LogP contribution in [0.15, 0.2) is 22.7 Å². The third-order valence-electron chi connectivity index (χ3n) is 3.61. The molecule has 1 aliphatic rings. The van der Waals surface area contributed by atoms with Crippen molar-refractivity contribution in [3.8, 4) is 6.07 Å². The molecule has 2 N–H and O–H groups in total. The van der Waals surface area contributed by atoms with Gasteiger partial charge >= 0.3 is 0 Å². The smallest absolute Gasteiger partial charge is 0.101 e. The molecule has 1 saturated heterocycles. The lowest BCUT2D eigenvalue weighted by atomic mass is 9.93. The fourth-order valence-corrected chi connectivity index (χ4v) is 2.91. The maximum absolute atomic E-state index is 9.17. The predicted octanol–water partition coefficient (Wildman–Crippen LogP) is 2.89. The summed E-state index contributed by atoms with van der Waals surface area (Å²) >= 11 is 3.48. The highest BCUT2D eigenvalue weighted by Gasteiger charge is 2.20. The van der Waals surface area contributed by atoms with Crippen LogP contribution in [0, 0.1) is 17.2 Å². The molecule has 0 aliphatic carbocycles. The highest BCUT2D eigenvalue weighted by Crippen LogP contribution is 2.29. The summed E-state index contributed by atoms with van der Waals surface area (Å²) in [5, 5.41) is 9.17. The monoisotopic (exact) mass is 307 g/mol. The van der Waals surface area contributed by atoms with Crippen molar-refractivity contribution in [2.24, 2.45) is 11.7 Å². The highest BCUT2D eigenvalue weighted by atomic mass is 79.9. The second-order valence-corrected chi connectivity index (χ2v) is 5.70. The fourth-order valence-electron chi connectivity index (χ4n) is 2.56. The first-order chi connectivity index (χ1) is 8.74. The summed E-state index contributed by atoms with van der Waals surface area (Å²) in [6.45, 7) is 2.83. The Morgan fingerprint density at radius 2 is 2.11 bits per heavy atom. The first-order valence-corrected chi connectivity index (χ1v) is 7.18. The minimum Gasteiger partial charge on any atom is -0.370 e. The molecule has 0 radical (unpaired) electrons. The SMILES string of the molecule is N#Cc1ccc(Br)cc1N1CCC(CCN)CC1. The molecule has 1 fully saturated rings. The number of nitriles is 1. The van der Waals surface area contributed by atoms with E-state index in [4.69, 9.17) is 11.0 Å². The van der Waals surface area contributed by atoms with E-state index in [-0.39, 0.29) is 0 Å². The number of halogens is 1. The molecule has 0 amide bonds. The minimum atomic E-state index is 0.754. The molecule has 0 bridgehead atoms. The van der Waals surface area contributed by atoms with Gasteiger partial charge < -0.3 is 10.6 Å². The Balaban J connectivity index is 2.10. The second kappa shape index (κ2) is 6.21. The van der Waals surface area contributed by atoms with Crippen molar-refractivity contribution in [2.75, 3.05) is 24.5 Å². The van der Waals surface area contributed by atoms with Gasteiger partial charge in [-0.2, -0.15) is 5.26 Å². The first kappa shape index (κ1) is 13.4. The molecule has 1 heterocycles.